The van der Waals surface area contributed by atoms with E-state index >= 15 is 0 Å². The van der Waals surface area contributed by atoms with Gasteiger partial charge in [-0.05, 0) is 18.2 Å². The van der Waals surface area contributed by atoms with Crippen LogP contribution in [0.15, 0.2) is 42.5 Å². The molecule has 7 N–H and O–H groups in total. The first-order chi connectivity index (χ1) is 14.6. The first-order valence-electron chi connectivity index (χ1n) is 8.88. The van der Waals surface area contributed by atoms with E-state index < -0.39 is 63.0 Å². The number of phenols is 7. The highest BCUT2D eigenvalue weighted by Crippen LogP contribution is 2.70. The molecule has 2 aliphatic heterocycles. The standard InChI is InChI=1S/C21H14O10/c22-9-5-14(27)18(15(28)6-9)20-19(29)17-13(26)4-10(23)7-16(17)30-21(20,31-20)8-1-2-11(24)12(25)3-8/h1-7,22-28H/t20-,21-/m0/s1. The van der Waals surface area contributed by atoms with Crippen molar-refractivity contribution in [2.24, 2.45) is 0 Å². The third kappa shape index (κ3) is 2.21. The molecule has 10 nitrogen and oxygen atoms in total. The van der Waals surface area contributed by atoms with Gasteiger partial charge in [0.2, 0.25) is 11.4 Å². The number of ether oxygens (including phenoxy) is 2. The zero-order valence-corrected chi connectivity index (χ0v) is 15.4. The van der Waals surface area contributed by atoms with Gasteiger partial charge in [0.1, 0.15) is 40.1 Å². The number of carbonyl (C=O) groups excluding carboxylic acids is 1. The Kier molecular flexibility index (Phi) is 3.40. The minimum atomic E-state index is -2.22. The lowest BCUT2D eigenvalue weighted by Gasteiger charge is -2.28. The highest BCUT2D eigenvalue weighted by Gasteiger charge is 2.83. The fourth-order valence-corrected chi connectivity index (χ4v) is 4.04. The lowest BCUT2D eigenvalue weighted by molar-refractivity contribution is 0.0548. The average molecular weight is 426 g/mol. The molecule has 0 saturated carbocycles. The summed E-state index contributed by atoms with van der Waals surface area (Å²) >= 11 is 0. The van der Waals surface area contributed by atoms with Crippen LogP contribution in [0.4, 0.5) is 0 Å². The van der Waals surface area contributed by atoms with E-state index in [0.717, 1.165) is 36.4 Å². The van der Waals surface area contributed by atoms with E-state index in [1.54, 1.807) is 0 Å². The molecule has 158 valence electrons. The Balaban J connectivity index is 1.83. The fourth-order valence-electron chi connectivity index (χ4n) is 4.04. The van der Waals surface area contributed by atoms with Crippen LogP contribution in [0.1, 0.15) is 21.5 Å². The van der Waals surface area contributed by atoms with Crippen molar-refractivity contribution in [2.45, 2.75) is 11.4 Å². The third-order valence-electron chi connectivity index (χ3n) is 5.37. The quantitative estimate of drug-likeness (QED) is 0.236. The van der Waals surface area contributed by atoms with E-state index in [1.165, 1.54) is 6.07 Å². The number of carbonyl (C=O) groups is 1. The first-order valence-corrected chi connectivity index (χ1v) is 8.88. The molecule has 31 heavy (non-hydrogen) atoms. The number of aromatic hydroxyl groups is 7. The topological polar surface area (TPSA) is 180 Å². The zero-order valence-electron chi connectivity index (χ0n) is 15.4. The predicted molar refractivity (Wildman–Crippen MR) is 100 cm³/mol. The van der Waals surface area contributed by atoms with Crippen molar-refractivity contribution in [3.63, 3.8) is 0 Å². The molecule has 10 heteroatoms. The maximum atomic E-state index is 13.6. The molecule has 2 heterocycles. The highest BCUT2D eigenvalue weighted by molar-refractivity contribution is 6.11. The van der Waals surface area contributed by atoms with Crippen LogP contribution in [-0.4, -0.2) is 41.5 Å². The molecule has 2 atom stereocenters. The zero-order chi connectivity index (χ0) is 22.3. The molecule has 3 aromatic carbocycles. The minimum Gasteiger partial charge on any atom is -0.508 e. The molecule has 0 aromatic heterocycles. The summed E-state index contributed by atoms with van der Waals surface area (Å²) in [5, 5.41) is 70.3. The van der Waals surface area contributed by atoms with Gasteiger partial charge in [-0.1, -0.05) is 0 Å². The lowest BCUT2D eigenvalue weighted by Crippen LogP contribution is -2.39. The van der Waals surface area contributed by atoms with Gasteiger partial charge in [-0.3, -0.25) is 4.79 Å². The largest absolute Gasteiger partial charge is 0.508 e. The second-order valence-electron chi connectivity index (χ2n) is 7.23. The van der Waals surface area contributed by atoms with Gasteiger partial charge in [0.05, 0.1) is 5.56 Å². The summed E-state index contributed by atoms with van der Waals surface area (Å²) in [5.74, 6) is -7.14. The Morgan fingerprint density at radius 1 is 0.677 bits per heavy atom. The van der Waals surface area contributed by atoms with Gasteiger partial charge < -0.3 is 45.2 Å². The minimum absolute atomic E-state index is 0.0245. The van der Waals surface area contributed by atoms with E-state index in [1.807, 2.05) is 0 Å². The molecular formula is C21H14O10. The smallest absolute Gasteiger partial charge is 0.280 e. The molecule has 1 saturated heterocycles. The Bertz CT molecular complexity index is 1280. The van der Waals surface area contributed by atoms with Crippen molar-refractivity contribution in [1.82, 2.24) is 0 Å². The number of Topliss-reactive ketones (excluding diaryl/α,β-unsaturated/α-hetero) is 1. The van der Waals surface area contributed by atoms with Crippen LogP contribution in [0.3, 0.4) is 0 Å². The van der Waals surface area contributed by atoms with Gasteiger partial charge in [-0.15, -0.1) is 0 Å². The summed E-state index contributed by atoms with van der Waals surface area (Å²) in [4.78, 5) is 13.6. The Labute approximate surface area is 173 Å². The van der Waals surface area contributed by atoms with Crippen molar-refractivity contribution in [3.05, 3.63) is 59.2 Å². The van der Waals surface area contributed by atoms with Crippen molar-refractivity contribution < 1.29 is 50.0 Å². The van der Waals surface area contributed by atoms with Crippen LogP contribution in [0.5, 0.6) is 46.0 Å². The predicted octanol–water partition coefficient (Wildman–Crippen LogP) is 1.98. The number of fused-ring (bicyclic) bond motifs is 2. The number of hydrogen-bond acceptors (Lipinski definition) is 10. The van der Waals surface area contributed by atoms with Crippen molar-refractivity contribution >= 4 is 5.78 Å². The van der Waals surface area contributed by atoms with E-state index in [2.05, 4.69) is 0 Å². The fraction of sp³-hybridized carbons (Fsp3) is 0.0952. The maximum Gasteiger partial charge on any atom is 0.280 e. The third-order valence-corrected chi connectivity index (χ3v) is 5.37. The van der Waals surface area contributed by atoms with Crippen LogP contribution in [0.25, 0.3) is 0 Å². The Morgan fingerprint density at radius 3 is 1.94 bits per heavy atom. The van der Waals surface area contributed by atoms with Gasteiger partial charge in [0.15, 0.2) is 11.5 Å². The summed E-state index contributed by atoms with van der Waals surface area (Å²) in [5.41, 5.74) is -3.02. The number of benzene rings is 3. The molecule has 1 fully saturated rings. The number of phenolic OH excluding ortho intramolecular Hbond substituents is 7. The number of hydrogen-bond donors (Lipinski definition) is 7. The van der Waals surface area contributed by atoms with E-state index in [9.17, 15) is 40.5 Å². The van der Waals surface area contributed by atoms with Crippen LogP contribution in [0, 0.1) is 0 Å². The van der Waals surface area contributed by atoms with Crippen LogP contribution < -0.4 is 4.74 Å². The molecule has 2 aliphatic rings. The molecular weight excluding hydrogens is 412 g/mol. The number of rotatable bonds is 2. The normalized spacial score (nSPS) is 23.5. The lowest BCUT2D eigenvalue weighted by atomic mass is 9.79. The summed E-state index contributed by atoms with van der Waals surface area (Å²) < 4.78 is 11.6. The second kappa shape index (κ2) is 5.64. The molecule has 5 rings (SSSR count). The number of epoxide rings is 1. The second-order valence-corrected chi connectivity index (χ2v) is 7.23. The highest BCUT2D eigenvalue weighted by atomic mass is 16.8. The van der Waals surface area contributed by atoms with Gasteiger partial charge in [0, 0.05) is 29.8 Å². The van der Waals surface area contributed by atoms with Gasteiger partial charge in [-0.25, -0.2) is 0 Å². The van der Waals surface area contributed by atoms with Gasteiger partial charge in [-0.2, -0.15) is 0 Å². The van der Waals surface area contributed by atoms with Crippen LogP contribution >= 0.6 is 0 Å². The van der Waals surface area contributed by atoms with Gasteiger partial charge >= 0.3 is 0 Å². The van der Waals surface area contributed by atoms with Crippen LogP contribution in [0.2, 0.25) is 0 Å². The maximum absolute atomic E-state index is 13.6. The summed E-state index contributed by atoms with van der Waals surface area (Å²) in [6.45, 7) is 0. The summed E-state index contributed by atoms with van der Waals surface area (Å²) in [6.07, 6.45) is 0. The van der Waals surface area contributed by atoms with E-state index in [4.69, 9.17) is 9.47 Å². The van der Waals surface area contributed by atoms with Crippen LogP contribution in [-0.2, 0) is 16.1 Å². The van der Waals surface area contributed by atoms with Crippen molar-refractivity contribution in [3.8, 4) is 46.0 Å². The molecule has 0 spiro atoms. The number of ketones is 1. The average Bonchev–Trinajstić information content (AvgIpc) is 3.33. The summed E-state index contributed by atoms with van der Waals surface area (Å²) in [6, 6.07) is 7.20. The Hall–Kier alpha value is -4.31. The molecule has 0 radical (unpaired) electrons. The first kappa shape index (κ1) is 18.7. The van der Waals surface area contributed by atoms with Gasteiger partial charge in [0.25, 0.3) is 5.79 Å². The van der Waals surface area contributed by atoms with Crippen molar-refractivity contribution in [1.29, 1.82) is 0 Å². The summed E-state index contributed by atoms with van der Waals surface area (Å²) in [7, 11) is 0. The molecule has 0 unspecified atom stereocenters. The SMILES string of the molecule is O=C1c2c(O)cc(O)cc2O[C@@]2(c3ccc(O)c(O)c3)O[C@@]12c1c(O)cc(O)cc1O. The molecule has 0 bridgehead atoms. The monoisotopic (exact) mass is 426 g/mol. The Morgan fingerprint density at radius 2 is 1.29 bits per heavy atom. The van der Waals surface area contributed by atoms with E-state index in [0.29, 0.717) is 0 Å². The van der Waals surface area contributed by atoms with E-state index in [-0.39, 0.29) is 16.9 Å². The molecule has 0 aliphatic carbocycles. The molecule has 0 amide bonds. The van der Waals surface area contributed by atoms with Crippen molar-refractivity contribution in [2.75, 3.05) is 0 Å². The molecule has 3 aromatic rings.